The summed E-state index contributed by atoms with van der Waals surface area (Å²) in [5.74, 6) is 0. The minimum Gasteiger partial charge on any atom is -0.368 e. The van der Waals surface area contributed by atoms with Gasteiger partial charge in [0, 0.05) is 37.6 Å². The smallest absolute Gasteiger partial charge is 0.321 e. The molecule has 0 unspecified atom stereocenters. The van der Waals surface area contributed by atoms with Crippen LogP contribution in [-0.2, 0) is 0 Å². The van der Waals surface area contributed by atoms with Crippen molar-refractivity contribution in [2.45, 2.75) is 13.8 Å². The number of nitrogens with one attached hydrogen (secondary N) is 1. The number of amides is 2. The van der Waals surface area contributed by atoms with Gasteiger partial charge in [-0.1, -0.05) is 12.1 Å². The Bertz CT molecular complexity index is 796. The molecule has 2 amide bonds. The molecule has 1 saturated heterocycles. The number of carbonyl (C=O) groups excluding carboxylic acids is 1. The van der Waals surface area contributed by atoms with Crippen molar-refractivity contribution < 1.29 is 4.79 Å². The number of benzene rings is 2. The van der Waals surface area contributed by atoms with E-state index in [1.54, 1.807) is 6.07 Å². The number of hydrogen-bond donors (Lipinski definition) is 1. The molecule has 1 aliphatic heterocycles. The average molecular weight is 334 g/mol. The van der Waals surface area contributed by atoms with Crippen LogP contribution in [-0.4, -0.2) is 37.1 Å². The molecule has 3 rings (SSSR count). The Labute approximate surface area is 148 Å². The third kappa shape index (κ3) is 4.10. The SMILES string of the molecule is Cc1cc(C)cc(NC(=O)N2CCN(c3cccc(C#N)c3)CC2)c1. The molecule has 1 heterocycles. The fourth-order valence-electron chi connectivity index (χ4n) is 3.19. The highest BCUT2D eigenvalue weighted by atomic mass is 16.2. The highest BCUT2D eigenvalue weighted by molar-refractivity contribution is 5.89. The molecule has 128 valence electrons. The molecule has 0 atom stereocenters. The first-order valence-corrected chi connectivity index (χ1v) is 8.44. The van der Waals surface area contributed by atoms with Crippen molar-refractivity contribution in [3.05, 3.63) is 59.2 Å². The van der Waals surface area contributed by atoms with Crippen LogP contribution in [0.25, 0.3) is 0 Å². The molecule has 0 radical (unpaired) electrons. The van der Waals surface area contributed by atoms with E-state index in [9.17, 15) is 4.79 Å². The molecule has 2 aromatic carbocycles. The van der Waals surface area contributed by atoms with Gasteiger partial charge in [-0.25, -0.2) is 4.79 Å². The van der Waals surface area contributed by atoms with Gasteiger partial charge in [0.1, 0.15) is 0 Å². The molecule has 25 heavy (non-hydrogen) atoms. The van der Waals surface area contributed by atoms with Crippen molar-refractivity contribution in [3.8, 4) is 6.07 Å². The van der Waals surface area contributed by atoms with E-state index in [4.69, 9.17) is 5.26 Å². The van der Waals surface area contributed by atoms with E-state index in [1.807, 2.05) is 49.1 Å². The number of hydrogen-bond acceptors (Lipinski definition) is 3. The first kappa shape index (κ1) is 16.8. The van der Waals surface area contributed by atoms with E-state index in [2.05, 4.69) is 22.4 Å². The molecule has 1 fully saturated rings. The van der Waals surface area contributed by atoms with Crippen LogP contribution in [0.4, 0.5) is 16.2 Å². The zero-order valence-electron chi connectivity index (χ0n) is 14.6. The summed E-state index contributed by atoms with van der Waals surface area (Å²) in [5.41, 5.74) is 4.81. The Hall–Kier alpha value is -3.00. The summed E-state index contributed by atoms with van der Waals surface area (Å²) in [7, 11) is 0. The van der Waals surface area contributed by atoms with Crippen molar-refractivity contribution in [1.82, 2.24) is 4.90 Å². The monoisotopic (exact) mass is 334 g/mol. The summed E-state index contributed by atoms with van der Waals surface area (Å²) >= 11 is 0. The van der Waals surface area contributed by atoms with Gasteiger partial charge in [0.05, 0.1) is 11.6 Å². The number of aryl methyl sites for hydroxylation is 2. The lowest BCUT2D eigenvalue weighted by Gasteiger charge is -2.36. The molecule has 2 aromatic rings. The van der Waals surface area contributed by atoms with Crippen LogP contribution >= 0.6 is 0 Å². The van der Waals surface area contributed by atoms with Gasteiger partial charge < -0.3 is 15.1 Å². The largest absolute Gasteiger partial charge is 0.368 e. The van der Waals surface area contributed by atoms with E-state index in [1.165, 1.54) is 0 Å². The standard InChI is InChI=1S/C20H22N4O/c1-15-10-16(2)12-18(11-15)22-20(25)24-8-6-23(7-9-24)19-5-3-4-17(13-19)14-21/h3-5,10-13H,6-9H2,1-2H3,(H,22,25). The lowest BCUT2D eigenvalue weighted by Crippen LogP contribution is -2.50. The van der Waals surface area contributed by atoms with Gasteiger partial charge >= 0.3 is 6.03 Å². The van der Waals surface area contributed by atoms with Crippen LogP contribution in [0.3, 0.4) is 0 Å². The molecule has 0 spiro atoms. The number of piperazine rings is 1. The van der Waals surface area contributed by atoms with Gasteiger partial charge in [0.25, 0.3) is 0 Å². The third-order valence-electron chi connectivity index (χ3n) is 4.38. The van der Waals surface area contributed by atoms with Gasteiger partial charge in [-0.3, -0.25) is 0 Å². The van der Waals surface area contributed by atoms with Crippen molar-refractivity contribution in [3.63, 3.8) is 0 Å². The van der Waals surface area contributed by atoms with Gasteiger partial charge in [-0.05, 0) is 55.3 Å². The van der Waals surface area contributed by atoms with Crippen LogP contribution in [0.1, 0.15) is 16.7 Å². The predicted molar refractivity (Wildman–Crippen MR) is 99.9 cm³/mol. The number of urea groups is 1. The van der Waals surface area contributed by atoms with Crippen LogP contribution in [0, 0.1) is 25.2 Å². The molecule has 0 aromatic heterocycles. The maximum absolute atomic E-state index is 12.5. The Morgan fingerprint density at radius 3 is 2.36 bits per heavy atom. The normalized spacial score (nSPS) is 14.1. The molecule has 0 bridgehead atoms. The lowest BCUT2D eigenvalue weighted by molar-refractivity contribution is 0.208. The molecular weight excluding hydrogens is 312 g/mol. The molecule has 0 aliphatic carbocycles. The topological polar surface area (TPSA) is 59.4 Å². The number of nitriles is 1. The maximum Gasteiger partial charge on any atom is 0.321 e. The zero-order valence-corrected chi connectivity index (χ0v) is 14.6. The van der Waals surface area contributed by atoms with Gasteiger partial charge in [0.2, 0.25) is 0 Å². The summed E-state index contributed by atoms with van der Waals surface area (Å²) < 4.78 is 0. The fraction of sp³-hybridized carbons (Fsp3) is 0.300. The average Bonchev–Trinajstić information content (AvgIpc) is 2.61. The van der Waals surface area contributed by atoms with E-state index >= 15 is 0 Å². The summed E-state index contributed by atoms with van der Waals surface area (Å²) in [4.78, 5) is 16.5. The molecule has 5 nitrogen and oxygen atoms in total. The summed E-state index contributed by atoms with van der Waals surface area (Å²) in [6, 6.07) is 15.8. The van der Waals surface area contributed by atoms with Crippen molar-refractivity contribution in [2.24, 2.45) is 0 Å². The highest BCUT2D eigenvalue weighted by Crippen LogP contribution is 2.19. The Morgan fingerprint density at radius 2 is 1.72 bits per heavy atom. The predicted octanol–water partition coefficient (Wildman–Crippen LogP) is 3.53. The van der Waals surface area contributed by atoms with Gasteiger partial charge in [-0.15, -0.1) is 0 Å². The third-order valence-corrected chi connectivity index (χ3v) is 4.38. The Balaban J connectivity index is 1.60. The fourth-order valence-corrected chi connectivity index (χ4v) is 3.19. The van der Waals surface area contributed by atoms with Crippen LogP contribution in [0.15, 0.2) is 42.5 Å². The van der Waals surface area contributed by atoms with Crippen molar-refractivity contribution in [2.75, 3.05) is 36.4 Å². The van der Waals surface area contributed by atoms with E-state index < -0.39 is 0 Å². The number of carbonyl (C=O) groups is 1. The summed E-state index contributed by atoms with van der Waals surface area (Å²) in [6.07, 6.45) is 0. The minimum absolute atomic E-state index is 0.0598. The maximum atomic E-state index is 12.5. The second-order valence-corrected chi connectivity index (χ2v) is 6.44. The van der Waals surface area contributed by atoms with E-state index in [0.29, 0.717) is 18.7 Å². The number of anilines is 2. The molecule has 5 heteroatoms. The highest BCUT2D eigenvalue weighted by Gasteiger charge is 2.21. The zero-order chi connectivity index (χ0) is 17.8. The first-order chi connectivity index (χ1) is 12.0. The van der Waals surface area contributed by atoms with Crippen molar-refractivity contribution >= 4 is 17.4 Å². The quantitative estimate of drug-likeness (QED) is 0.914. The van der Waals surface area contributed by atoms with Crippen molar-refractivity contribution in [1.29, 1.82) is 5.26 Å². The summed E-state index contributed by atoms with van der Waals surface area (Å²) in [5, 5.41) is 12.0. The summed E-state index contributed by atoms with van der Waals surface area (Å²) in [6.45, 7) is 6.89. The Morgan fingerprint density at radius 1 is 1.04 bits per heavy atom. The van der Waals surface area contributed by atoms with Crippen LogP contribution in [0.5, 0.6) is 0 Å². The van der Waals surface area contributed by atoms with Gasteiger partial charge in [0.15, 0.2) is 0 Å². The van der Waals surface area contributed by atoms with Crippen LogP contribution in [0.2, 0.25) is 0 Å². The minimum atomic E-state index is -0.0598. The van der Waals surface area contributed by atoms with Crippen LogP contribution < -0.4 is 10.2 Å². The first-order valence-electron chi connectivity index (χ1n) is 8.44. The number of rotatable bonds is 2. The molecule has 1 aliphatic rings. The Kier molecular flexibility index (Phi) is 4.90. The lowest BCUT2D eigenvalue weighted by atomic mass is 10.1. The number of nitrogens with zero attached hydrogens (tertiary/aromatic N) is 3. The van der Waals surface area contributed by atoms with E-state index in [-0.39, 0.29) is 6.03 Å². The second-order valence-electron chi connectivity index (χ2n) is 6.44. The molecular formula is C20H22N4O. The van der Waals surface area contributed by atoms with Gasteiger partial charge in [-0.2, -0.15) is 5.26 Å². The van der Waals surface area contributed by atoms with E-state index in [0.717, 1.165) is 35.6 Å². The molecule has 1 N–H and O–H groups in total. The molecule has 0 saturated carbocycles. The second kappa shape index (κ2) is 7.27.